The third-order valence-corrected chi connectivity index (χ3v) is 3.45. The summed E-state index contributed by atoms with van der Waals surface area (Å²) in [6.07, 6.45) is 0.475. The Bertz CT molecular complexity index is 575. The molecule has 0 fully saturated rings. The van der Waals surface area contributed by atoms with Gasteiger partial charge in [0, 0.05) is 20.0 Å². The average molecular weight is 305 g/mol. The maximum absolute atomic E-state index is 12.2. The van der Waals surface area contributed by atoms with Crippen molar-refractivity contribution in [3.8, 4) is 0 Å². The molecule has 5 nitrogen and oxygen atoms in total. The second-order valence-corrected chi connectivity index (χ2v) is 6.49. The number of rotatable bonds is 2. The Morgan fingerprint density at radius 3 is 2.64 bits per heavy atom. The smallest absolute Gasteiger partial charge is 0.410 e. The molecule has 0 radical (unpaired) electrons. The van der Waals surface area contributed by atoms with E-state index in [4.69, 9.17) is 9.47 Å². The Morgan fingerprint density at radius 2 is 2.00 bits per heavy atom. The summed E-state index contributed by atoms with van der Waals surface area (Å²) in [7, 11) is 0. The van der Waals surface area contributed by atoms with Crippen LogP contribution in [0.5, 0.6) is 0 Å². The van der Waals surface area contributed by atoms with Gasteiger partial charge in [0.15, 0.2) is 0 Å². The Labute approximate surface area is 131 Å². The molecule has 1 aliphatic heterocycles. The molecule has 1 heterocycles. The predicted molar refractivity (Wildman–Crippen MR) is 82.3 cm³/mol. The number of hydrogen-bond acceptors (Lipinski definition) is 4. The maximum Gasteiger partial charge on any atom is 0.410 e. The van der Waals surface area contributed by atoms with Crippen molar-refractivity contribution in [2.45, 2.75) is 52.9 Å². The van der Waals surface area contributed by atoms with Crippen LogP contribution >= 0.6 is 0 Å². The first-order valence-corrected chi connectivity index (χ1v) is 7.47. The van der Waals surface area contributed by atoms with E-state index in [1.165, 1.54) is 12.5 Å². The number of benzene rings is 1. The second kappa shape index (κ2) is 6.38. The maximum atomic E-state index is 12.2. The van der Waals surface area contributed by atoms with Crippen LogP contribution < -0.4 is 0 Å². The second-order valence-electron chi connectivity index (χ2n) is 6.49. The van der Waals surface area contributed by atoms with Crippen molar-refractivity contribution in [3.05, 3.63) is 34.9 Å². The van der Waals surface area contributed by atoms with Gasteiger partial charge in [0.25, 0.3) is 0 Å². The van der Waals surface area contributed by atoms with Gasteiger partial charge in [-0.05, 0) is 43.9 Å². The lowest BCUT2D eigenvalue weighted by Gasteiger charge is -2.32. The van der Waals surface area contributed by atoms with Crippen molar-refractivity contribution in [2.24, 2.45) is 0 Å². The number of carbonyl (C=O) groups is 2. The summed E-state index contributed by atoms with van der Waals surface area (Å²) < 4.78 is 10.5. The minimum absolute atomic E-state index is 0.237. The molecule has 0 saturated heterocycles. The standard InChI is InChI=1S/C17H23NO4/c1-12(19)21-11-14-7-5-6-13-8-9-18(10-15(13)14)16(20)22-17(2,3)4/h5-7H,8-11H2,1-4H3. The van der Waals surface area contributed by atoms with E-state index >= 15 is 0 Å². The monoisotopic (exact) mass is 305 g/mol. The van der Waals surface area contributed by atoms with Crippen LogP contribution in [-0.4, -0.2) is 29.1 Å². The van der Waals surface area contributed by atoms with Gasteiger partial charge in [-0.3, -0.25) is 4.79 Å². The fourth-order valence-electron chi connectivity index (χ4n) is 2.45. The molecule has 0 aromatic heterocycles. The molecule has 2 rings (SSSR count). The number of esters is 1. The minimum Gasteiger partial charge on any atom is -0.461 e. The summed E-state index contributed by atoms with van der Waals surface area (Å²) in [5.41, 5.74) is 2.69. The van der Waals surface area contributed by atoms with E-state index < -0.39 is 5.60 Å². The molecule has 0 unspecified atom stereocenters. The largest absolute Gasteiger partial charge is 0.461 e. The van der Waals surface area contributed by atoms with E-state index in [9.17, 15) is 9.59 Å². The van der Waals surface area contributed by atoms with E-state index in [1.807, 2.05) is 32.9 Å². The number of amides is 1. The molecule has 0 aliphatic carbocycles. The van der Waals surface area contributed by atoms with Crippen molar-refractivity contribution in [1.82, 2.24) is 4.90 Å². The Kier molecular flexibility index (Phi) is 4.74. The van der Waals surface area contributed by atoms with Crippen LogP contribution in [0.2, 0.25) is 0 Å². The number of carbonyl (C=O) groups excluding carboxylic acids is 2. The molecule has 5 heteroatoms. The third-order valence-electron chi connectivity index (χ3n) is 3.45. The molecular weight excluding hydrogens is 282 g/mol. The van der Waals surface area contributed by atoms with Crippen LogP contribution in [0, 0.1) is 0 Å². The van der Waals surface area contributed by atoms with Crippen molar-refractivity contribution in [3.63, 3.8) is 0 Å². The third kappa shape index (κ3) is 4.23. The minimum atomic E-state index is -0.505. The van der Waals surface area contributed by atoms with E-state index in [1.54, 1.807) is 4.90 Å². The summed E-state index contributed by atoms with van der Waals surface area (Å²) in [5.74, 6) is -0.308. The zero-order valence-electron chi connectivity index (χ0n) is 13.6. The van der Waals surface area contributed by atoms with Gasteiger partial charge in [0.1, 0.15) is 12.2 Å². The molecular formula is C17H23NO4. The predicted octanol–water partition coefficient (Wildman–Crippen LogP) is 3.04. The van der Waals surface area contributed by atoms with Crippen LogP contribution in [-0.2, 0) is 33.8 Å². The van der Waals surface area contributed by atoms with Gasteiger partial charge >= 0.3 is 12.1 Å². The number of ether oxygens (including phenoxy) is 2. The zero-order chi connectivity index (χ0) is 16.3. The highest BCUT2D eigenvalue weighted by molar-refractivity contribution is 5.69. The van der Waals surface area contributed by atoms with Crippen LogP contribution in [0.4, 0.5) is 4.79 Å². The molecule has 1 aromatic carbocycles. The molecule has 1 aliphatic rings. The fourth-order valence-corrected chi connectivity index (χ4v) is 2.45. The normalized spacial score (nSPS) is 14.3. The van der Waals surface area contributed by atoms with Gasteiger partial charge in [-0.2, -0.15) is 0 Å². The average Bonchev–Trinajstić information content (AvgIpc) is 2.42. The van der Waals surface area contributed by atoms with Crippen molar-refractivity contribution in [1.29, 1.82) is 0 Å². The van der Waals surface area contributed by atoms with Crippen LogP contribution in [0.3, 0.4) is 0 Å². The topological polar surface area (TPSA) is 55.8 Å². The molecule has 0 N–H and O–H groups in total. The first kappa shape index (κ1) is 16.3. The van der Waals surface area contributed by atoms with Gasteiger partial charge in [-0.15, -0.1) is 0 Å². The molecule has 0 bridgehead atoms. The quantitative estimate of drug-likeness (QED) is 0.788. The molecule has 120 valence electrons. The van der Waals surface area contributed by atoms with Crippen molar-refractivity contribution >= 4 is 12.1 Å². The first-order valence-electron chi connectivity index (χ1n) is 7.47. The molecule has 1 aromatic rings. The highest BCUT2D eigenvalue weighted by atomic mass is 16.6. The first-order chi connectivity index (χ1) is 10.3. The van der Waals surface area contributed by atoms with Crippen LogP contribution in [0.25, 0.3) is 0 Å². The highest BCUT2D eigenvalue weighted by Gasteiger charge is 2.26. The lowest BCUT2D eigenvalue weighted by atomic mass is 9.95. The Hall–Kier alpha value is -2.04. The summed E-state index contributed by atoms with van der Waals surface area (Å²) in [5, 5.41) is 0. The number of hydrogen-bond donors (Lipinski definition) is 0. The van der Waals surface area contributed by atoms with Crippen molar-refractivity contribution < 1.29 is 19.1 Å². The van der Waals surface area contributed by atoms with Crippen molar-refractivity contribution in [2.75, 3.05) is 6.54 Å². The lowest BCUT2D eigenvalue weighted by Crippen LogP contribution is -2.40. The summed E-state index contributed by atoms with van der Waals surface area (Å²) in [4.78, 5) is 24.9. The van der Waals surface area contributed by atoms with Crippen LogP contribution in [0.1, 0.15) is 44.4 Å². The van der Waals surface area contributed by atoms with Gasteiger partial charge in [0.2, 0.25) is 0 Å². The van der Waals surface area contributed by atoms with Gasteiger partial charge in [0.05, 0.1) is 0 Å². The number of fused-ring (bicyclic) bond motifs is 1. The summed E-state index contributed by atoms with van der Waals surface area (Å²) in [6, 6.07) is 5.94. The Balaban J connectivity index is 2.14. The van der Waals surface area contributed by atoms with Gasteiger partial charge in [-0.1, -0.05) is 18.2 Å². The van der Waals surface area contributed by atoms with Crippen LogP contribution in [0.15, 0.2) is 18.2 Å². The lowest BCUT2D eigenvalue weighted by molar-refractivity contribution is -0.142. The molecule has 0 atom stereocenters. The van der Waals surface area contributed by atoms with E-state index in [0.29, 0.717) is 13.1 Å². The molecule has 1 amide bonds. The Morgan fingerprint density at radius 1 is 1.27 bits per heavy atom. The van der Waals surface area contributed by atoms with E-state index in [0.717, 1.165) is 17.5 Å². The fraction of sp³-hybridized carbons (Fsp3) is 0.529. The van der Waals surface area contributed by atoms with Gasteiger partial charge in [-0.25, -0.2) is 4.79 Å². The van der Waals surface area contributed by atoms with Gasteiger partial charge < -0.3 is 14.4 Å². The SMILES string of the molecule is CC(=O)OCc1cccc2c1CN(C(=O)OC(C)(C)C)CC2. The zero-order valence-corrected chi connectivity index (χ0v) is 13.6. The van der Waals surface area contributed by atoms with E-state index in [-0.39, 0.29) is 18.7 Å². The molecule has 22 heavy (non-hydrogen) atoms. The van der Waals surface area contributed by atoms with E-state index in [2.05, 4.69) is 6.07 Å². The number of nitrogens with zero attached hydrogens (tertiary/aromatic N) is 1. The summed E-state index contributed by atoms with van der Waals surface area (Å²) >= 11 is 0. The molecule has 0 saturated carbocycles. The highest BCUT2D eigenvalue weighted by Crippen LogP contribution is 2.24. The summed E-state index contributed by atoms with van der Waals surface area (Å²) in [6.45, 7) is 8.32. The molecule has 0 spiro atoms.